The maximum atomic E-state index is 12.0. The first-order valence-corrected chi connectivity index (χ1v) is 8.52. The lowest BCUT2D eigenvalue weighted by Crippen LogP contribution is -2.34. The standard InChI is InChI=1S/C20H23N3O3/c1-3-22(18-9-6-7-16(2)15-18)14-13-21-20(24)12-11-17-8-4-5-10-19(17)23(25)26/h4-12,15H,3,13-14H2,1-2H3,(H,21,24)/b12-11+. The van der Waals surface area contributed by atoms with E-state index >= 15 is 0 Å². The molecule has 0 unspecified atom stereocenters. The quantitative estimate of drug-likeness (QED) is 0.447. The van der Waals surface area contributed by atoms with Gasteiger partial charge in [-0.05, 0) is 43.7 Å². The molecular weight excluding hydrogens is 330 g/mol. The van der Waals surface area contributed by atoms with Gasteiger partial charge < -0.3 is 10.2 Å². The van der Waals surface area contributed by atoms with Gasteiger partial charge in [0.25, 0.3) is 5.69 Å². The molecule has 0 radical (unpaired) electrons. The second-order valence-electron chi connectivity index (χ2n) is 5.86. The van der Waals surface area contributed by atoms with Crippen molar-refractivity contribution >= 4 is 23.4 Å². The number of benzene rings is 2. The van der Waals surface area contributed by atoms with Gasteiger partial charge in [0, 0.05) is 37.5 Å². The summed E-state index contributed by atoms with van der Waals surface area (Å²) in [6.45, 7) is 6.13. The highest BCUT2D eigenvalue weighted by atomic mass is 16.6. The summed E-state index contributed by atoms with van der Waals surface area (Å²) in [5.74, 6) is -0.275. The Balaban J connectivity index is 1.89. The molecule has 136 valence electrons. The van der Waals surface area contributed by atoms with E-state index in [-0.39, 0.29) is 11.6 Å². The van der Waals surface area contributed by atoms with Gasteiger partial charge in [0.05, 0.1) is 10.5 Å². The van der Waals surface area contributed by atoms with Crippen LogP contribution < -0.4 is 10.2 Å². The second kappa shape index (κ2) is 9.36. The number of amides is 1. The van der Waals surface area contributed by atoms with Crippen LogP contribution in [0.3, 0.4) is 0 Å². The summed E-state index contributed by atoms with van der Waals surface area (Å²) in [6, 6.07) is 14.5. The monoisotopic (exact) mass is 353 g/mol. The van der Waals surface area contributed by atoms with E-state index in [1.165, 1.54) is 23.8 Å². The normalized spacial score (nSPS) is 10.7. The Bertz CT molecular complexity index is 802. The van der Waals surface area contributed by atoms with Gasteiger partial charge in [-0.1, -0.05) is 24.3 Å². The summed E-state index contributed by atoms with van der Waals surface area (Å²) in [7, 11) is 0. The first-order chi connectivity index (χ1) is 12.5. The Morgan fingerprint density at radius 3 is 2.69 bits per heavy atom. The van der Waals surface area contributed by atoms with E-state index in [0.29, 0.717) is 18.7 Å². The maximum absolute atomic E-state index is 12.0. The van der Waals surface area contributed by atoms with Gasteiger partial charge in [-0.15, -0.1) is 0 Å². The summed E-state index contributed by atoms with van der Waals surface area (Å²) in [5.41, 5.74) is 2.70. The molecule has 1 N–H and O–H groups in total. The van der Waals surface area contributed by atoms with Crippen molar-refractivity contribution < 1.29 is 9.72 Å². The Labute approximate surface area is 153 Å². The molecule has 1 amide bonds. The number of hydrogen-bond donors (Lipinski definition) is 1. The molecular formula is C20H23N3O3. The third-order valence-corrected chi connectivity index (χ3v) is 3.98. The van der Waals surface area contributed by atoms with E-state index in [9.17, 15) is 14.9 Å². The Kier molecular flexibility index (Phi) is 6.91. The Morgan fingerprint density at radius 2 is 2.00 bits per heavy atom. The second-order valence-corrected chi connectivity index (χ2v) is 5.86. The molecule has 6 heteroatoms. The number of rotatable bonds is 8. The van der Waals surface area contributed by atoms with Gasteiger partial charge in [-0.2, -0.15) is 0 Å². The highest BCUT2D eigenvalue weighted by Crippen LogP contribution is 2.18. The predicted molar refractivity (Wildman–Crippen MR) is 104 cm³/mol. The molecule has 2 aromatic carbocycles. The van der Waals surface area contributed by atoms with E-state index in [1.54, 1.807) is 18.2 Å². The van der Waals surface area contributed by atoms with Crippen LogP contribution in [0.4, 0.5) is 11.4 Å². The molecule has 2 aromatic rings. The molecule has 6 nitrogen and oxygen atoms in total. The first kappa shape index (κ1) is 19.2. The summed E-state index contributed by atoms with van der Waals surface area (Å²) >= 11 is 0. The molecule has 0 atom stereocenters. The fourth-order valence-corrected chi connectivity index (χ4v) is 2.63. The van der Waals surface area contributed by atoms with Crippen molar-refractivity contribution in [1.82, 2.24) is 5.32 Å². The fraction of sp³-hybridized carbons (Fsp3) is 0.250. The summed E-state index contributed by atoms with van der Waals surface area (Å²) in [4.78, 5) is 24.7. The van der Waals surface area contributed by atoms with Gasteiger partial charge in [-0.3, -0.25) is 14.9 Å². The van der Waals surface area contributed by atoms with Crippen LogP contribution in [0.5, 0.6) is 0 Å². The molecule has 0 fully saturated rings. The smallest absolute Gasteiger partial charge is 0.276 e. The van der Waals surface area contributed by atoms with Crippen molar-refractivity contribution in [2.45, 2.75) is 13.8 Å². The predicted octanol–water partition coefficient (Wildman–Crippen LogP) is 3.56. The van der Waals surface area contributed by atoms with Gasteiger partial charge in [0.1, 0.15) is 0 Å². The molecule has 2 rings (SSSR count). The molecule has 0 saturated carbocycles. The largest absolute Gasteiger partial charge is 0.370 e. The fourth-order valence-electron chi connectivity index (χ4n) is 2.63. The highest BCUT2D eigenvalue weighted by Gasteiger charge is 2.10. The van der Waals surface area contributed by atoms with Crippen LogP contribution in [0.25, 0.3) is 6.08 Å². The number of nitro benzene ring substituents is 1. The third kappa shape index (κ3) is 5.44. The van der Waals surface area contributed by atoms with Gasteiger partial charge in [-0.25, -0.2) is 0 Å². The number of nitro groups is 1. The maximum Gasteiger partial charge on any atom is 0.276 e. The van der Waals surface area contributed by atoms with Crippen molar-refractivity contribution in [2.24, 2.45) is 0 Å². The van der Waals surface area contributed by atoms with E-state index in [1.807, 2.05) is 25.1 Å². The van der Waals surface area contributed by atoms with Crippen LogP contribution in [0.2, 0.25) is 0 Å². The first-order valence-electron chi connectivity index (χ1n) is 8.52. The van der Waals surface area contributed by atoms with Crippen LogP contribution in [0, 0.1) is 17.0 Å². The minimum absolute atomic E-state index is 0.0202. The number of carbonyl (C=O) groups excluding carboxylic acids is 1. The summed E-state index contributed by atoms with van der Waals surface area (Å²) in [5, 5.41) is 13.8. The minimum Gasteiger partial charge on any atom is -0.370 e. The van der Waals surface area contributed by atoms with E-state index in [4.69, 9.17) is 0 Å². The SMILES string of the molecule is CCN(CCNC(=O)/C=C/c1ccccc1[N+](=O)[O-])c1cccc(C)c1. The summed E-state index contributed by atoms with van der Waals surface area (Å²) < 4.78 is 0. The number of para-hydroxylation sites is 1. The van der Waals surface area contributed by atoms with Crippen LogP contribution in [-0.2, 0) is 4.79 Å². The van der Waals surface area contributed by atoms with Gasteiger partial charge >= 0.3 is 0 Å². The molecule has 0 aromatic heterocycles. The number of nitrogens with one attached hydrogen (secondary N) is 1. The molecule has 26 heavy (non-hydrogen) atoms. The zero-order valence-corrected chi connectivity index (χ0v) is 15.0. The molecule has 0 aliphatic rings. The van der Waals surface area contributed by atoms with E-state index < -0.39 is 4.92 Å². The zero-order valence-electron chi connectivity index (χ0n) is 15.0. The van der Waals surface area contributed by atoms with E-state index in [0.717, 1.165) is 12.2 Å². The molecule has 0 bridgehead atoms. The van der Waals surface area contributed by atoms with Crippen molar-refractivity contribution in [3.8, 4) is 0 Å². The third-order valence-electron chi connectivity index (χ3n) is 3.98. The summed E-state index contributed by atoms with van der Waals surface area (Å²) in [6.07, 6.45) is 2.79. The minimum atomic E-state index is -0.460. The lowest BCUT2D eigenvalue weighted by Gasteiger charge is -2.23. The van der Waals surface area contributed by atoms with Crippen molar-refractivity contribution in [2.75, 3.05) is 24.5 Å². The number of aryl methyl sites for hydroxylation is 1. The average molecular weight is 353 g/mol. The van der Waals surface area contributed by atoms with Crippen LogP contribution >= 0.6 is 0 Å². The lowest BCUT2D eigenvalue weighted by molar-refractivity contribution is -0.385. The van der Waals surface area contributed by atoms with Crippen LogP contribution in [0.1, 0.15) is 18.1 Å². The number of nitrogens with zero attached hydrogens (tertiary/aromatic N) is 2. The van der Waals surface area contributed by atoms with Crippen LogP contribution in [-0.4, -0.2) is 30.5 Å². The molecule has 0 aliphatic carbocycles. The van der Waals surface area contributed by atoms with Crippen molar-refractivity contribution in [1.29, 1.82) is 0 Å². The molecule has 0 saturated heterocycles. The number of hydrogen-bond acceptors (Lipinski definition) is 4. The van der Waals surface area contributed by atoms with Gasteiger partial charge in [0.15, 0.2) is 0 Å². The topological polar surface area (TPSA) is 75.5 Å². The van der Waals surface area contributed by atoms with Crippen LogP contribution in [0.15, 0.2) is 54.6 Å². The van der Waals surface area contributed by atoms with Gasteiger partial charge in [0.2, 0.25) is 5.91 Å². The van der Waals surface area contributed by atoms with E-state index in [2.05, 4.69) is 23.2 Å². The Hall–Kier alpha value is -3.15. The average Bonchev–Trinajstić information content (AvgIpc) is 2.63. The van der Waals surface area contributed by atoms with Crippen molar-refractivity contribution in [3.63, 3.8) is 0 Å². The molecule has 0 aliphatic heterocycles. The number of likely N-dealkylation sites (N-methyl/N-ethyl adjacent to an activating group) is 1. The number of carbonyl (C=O) groups is 1. The Morgan fingerprint density at radius 1 is 1.23 bits per heavy atom. The lowest BCUT2D eigenvalue weighted by atomic mass is 10.1. The number of anilines is 1. The molecule has 0 spiro atoms. The van der Waals surface area contributed by atoms with Crippen molar-refractivity contribution in [3.05, 3.63) is 75.8 Å². The zero-order chi connectivity index (χ0) is 18.9. The molecule has 0 heterocycles. The highest BCUT2D eigenvalue weighted by molar-refractivity contribution is 5.92.